The van der Waals surface area contributed by atoms with Crippen molar-refractivity contribution in [3.8, 4) is 0 Å². The fraction of sp³-hybridized carbons (Fsp3) is 0.400. The van der Waals surface area contributed by atoms with Crippen LogP contribution < -0.4 is 0 Å². The Labute approximate surface area is 167 Å². The van der Waals surface area contributed by atoms with E-state index < -0.39 is 23.7 Å². The molecule has 1 aliphatic carbocycles. The first-order chi connectivity index (χ1) is 12.7. The summed E-state index contributed by atoms with van der Waals surface area (Å²) in [6, 6.07) is 7.96. The van der Waals surface area contributed by atoms with Gasteiger partial charge in [0.05, 0.1) is 12.3 Å². The van der Waals surface area contributed by atoms with Crippen molar-refractivity contribution in [2.45, 2.75) is 43.4 Å². The second-order valence-electron chi connectivity index (χ2n) is 7.08. The van der Waals surface area contributed by atoms with Crippen molar-refractivity contribution in [1.29, 1.82) is 0 Å². The van der Waals surface area contributed by atoms with Crippen molar-refractivity contribution in [2.75, 3.05) is 6.61 Å². The predicted molar refractivity (Wildman–Crippen MR) is 102 cm³/mol. The fourth-order valence-corrected chi connectivity index (χ4v) is 4.22. The molecule has 0 aliphatic heterocycles. The van der Waals surface area contributed by atoms with Crippen molar-refractivity contribution >= 4 is 29.0 Å². The molecule has 0 saturated carbocycles. The summed E-state index contributed by atoms with van der Waals surface area (Å²) in [5.41, 5.74) is -3.15. The summed E-state index contributed by atoms with van der Waals surface area (Å²) in [7, 11) is 0. The molecular weight excluding hydrogens is 392 g/mol. The molecule has 1 heterocycles. The van der Waals surface area contributed by atoms with Crippen LogP contribution >= 0.6 is 23.2 Å². The number of aromatic nitrogens is 1. The number of aliphatic hydroxyl groups excluding tert-OH is 1. The average Bonchev–Trinajstić information content (AvgIpc) is 2.65. The Kier molecular flexibility index (Phi) is 5.59. The van der Waals surface area contributed by atoms with E-state index in [1.165, 1.54) is 18.3 Å². The molecule has 0 spiro atoms. The van der Waals surface area contributed by atoms with Gasteiger partial charge in [-0.2, -0.15) is 0 Å². The lowest BCUT2D eigenvalue weighted by atomic mass is 9.72. The topological polar surface area (TPSA) is 70.4 Å². The molecule has 2 aromatic rings. The van der Waals surface area contributed by atoms with Crippen molar-refractivity contribution in [3.63, 3.8) is 0 Å². The number of fused-ring (bicyclic) bond motifs is 1. The van der Waals surface area contributed by atoms with E-state index in [2.05, 4.69) is 4.98 Å². The quantitative estimate of drug-likeness (QED) is 0.769. The number of alkyl halides is 1. The van der Waals surface area contributed by atoms with E-state index in [1.54, 1.807) is 25.1 Å². The maximum absolute atomic E-state index is 15.8. The number of carbonyl (C=O) groups is 1. The first-order valence-corrected chi connectivity index (χ1v) is 9.43. The minimum Gasteiger partial charge on any atom is -0.393 e. The summed E-state index contributed by atoms with van der Waals surface area (Å²) >= 11 is 12.1. The molecular formula is C20H20Cl2FNO3. The fourth-order valence-electron chi connectivity index (χ4n) is 3.62. The van der Waals surface area contributed by atoms with Gasteiger partial charge < -0.3 is 10.2 Å². The van der Waals surface area contributed by atoms with Gasteiger partial charge in [-0.25, -0.2) is 4.39 Å². The first kappa shape index (κ1) is 20.2. The molecule has 1 aromatic carbocycles. The van der Waals surface area contributed by atoms with Crippen LogP contribution in [0.1, 0.15) is 48.9 Å². The second-order valence-corrected chi connectivity index (χ2v) is 7.93. The van der Waals surface area contributed by atoms with E-state index >= 15 is 4.39 Å². The van der Waals surface area contributed by atoms with Crippen LogP contribution in [-0.4, -0.2) is 27.6 Å². The maximum atomic E-state index is 15.8. The van der Waals surface area contributed by atoms with Crippen LogP contribution in [0.25, 0.3) is 0 Å². The highest BCUT2D eigenvalue weighted by Gasteiger charge is 2.51. The summed E-state index contributed by atoms with van der Waals surface area (Å²) in [6.45, 7) is 1.21. The molecule has 0 amide bonds. The number of rotatable bonds is 5. The van der Waals surface area contributed by atoms with E-state index in [0.717, 1.165) is 0 Å². The standard InChI is InChI=1S/C20H20Cl2FNO3/c1-12(14-5-4-13(21)10-16(14)22)9-17(26)20(23)7-6-19(27,11-25)18-15(20)3-2-8-24-18/h2-5,8,10,12,25,27H,6-7,9,11H2,1H3/t12-,19+,20-/m0/s1. The molecule has 1 aliphatic rings. The largest absolute Gasteiger partial charge is 0.393 e. The van der Waals surface area contributed by atoms with Gasteiger partial charge in [-0.1, -0.05) is 42.3 Å². The van der Waals surface area contributed by atoms with Crippen LogP contribution in [0.3, 0.4) is 0 Å². The molecule has 0 saturated heterocycles. The van der Waals surface area contributed by atoms with Crippen molar-refractivity contribution < 1.29 is 19.4 Å². The minimum absolute atomic E-state index is 0.0202. The van der Waals surface area contributed by atoms with Gasteiger partial charge in [-0.15, -0.1) is 0 Å². The third kappa shape index (κ3) is 3.61. The summed E-state index contributed by atoms with van der Waals surface area (Å²) in [4.78, 5) is 17.0. The number of hydrogen-bond acceptors (Lipinski definition) is 4. The van der Waals surface area contributed by atoms with Gasteiger partial charge in [0.15, 0.2) is 11.5 Å². The molecule has 3 atom stereocenters. The van der Waals surface area contributed by atoms with Crippen LogP contribution in [-0.2, 0) is 16.1 Å². The van der Waals surface area contributed by atoms with Gasteiger partial charge in [0.2, 0.25) is 0 Å². The third-order valence-electron chi connectivity index (χ3n) is 5.25. The van der Waals surface area contributed by atoms with Crippen LogP contribution in [0.15, 0.2) is 36.5 Å². The Hall–Kier alpha value is -1.53. The minimum atomic E-state index is -2.27. The second kappa shape index (κ2) is 7.47. The zero-order valence-electron chi connectivity index (χ0n) is 14.8. The Morgan fingerprint density at radius 2 is 2.07 bits per heavy atom. The van der Waals surface area contributed by atoms with Crippen molar-refractivity contribution in [2.24, 2.45) is 0 Å². The van der Waals surface area contributed by atoms with Crippen LogP contribution in [0.4, 0.5) is 4.39 Å². The van der Waals surface area contributed by atoms with Gasteiger partial charge in [0, 0.05) is 28.2 Å². The van der Waals surface area contributed by atoms with Gasteiger partial charge >= 0.3 is 0 Å². The zero-order valence-corrected chi connectivity index (χ0v) is 16.3. The van der Waals surface area contributed by atoms with Gasteiger partial charge in [0.25, 0.3) is 0 Å². The van der Waals surface area contributed by atoms with Gasteiger partial charge in [-0.05, 0) is 42.5 Å². The molecule has 0 radical (unpaired) electrons. The molecule has 0 fully saturated rings. The normalized spacial score (nSPS) is 25.7. The predicted octanol–water partition coefficient (Wildman–Crippen LogP) is 4.29. The summed E-state index contributed by atoms with van der Waals surface area (Å²) in [5.74, 6) is -0.913. The number of aliphatic hydroxyl groups is 2. The molecule has 3 rings (SSSR count). The Morgan fingerprint density at radius 1 is 1.33 bits per heavy atom. The summed E-state index contributed by atoms with van der Waals surface area (Å²) < 4.78 is 15.8. The number of benzene rings is 1. The van der Waals surface area contributed by atoms with Gasteiger partial charge in [0.1, 0.15) is 5.60 Å². The number of halogens is 3. The van der Waals surface area contributed by atoms with E-state index in [1.807, 2.05) is 0 Å². The van der Waals surface area contributed by atoms with Crippen LogP contribution in [0, 0.1) is 0 Å². The average molecular weight is 412 g/mol. The molecule has 144 valence electrons. The molecule has 27 heavy (non-hydrogen) atoms. The molecule has 7 heteroatoms. The molecule has 0 bridgehead atoms. The lowest BCUT2D eigenvalue weighted by molar-refractivity contribution is -0.136. The lowest BCUT2D eigenvalue weighted by Gasteiger charge is -2.39. The number of pyridine rings is 1. The van der Waals surface area contributed by atoms with Crippen molar-refractivity contribution in [1.82, 2.24) is 4.98 Å². The number of Topliss-reactive ketones (excluding diaryl/α,β-unsaturated/α-hetero) is 1. The Balaban J connectivity index is 1.91. The smallest absolute Gasteiger partial charge is 0.195 e. The lowest BCUT2D eigenvalue weighted by Crippen LogP contribution is -2.45. The highest BCUT2D eigenvalue weighted by Crippen LogP contribution is 2.47. The van der Waals surface area contributed by atoms with E-state index in [9.17, 15) is 15.0 Å². The summed E-state index contributed by atoms with van der Waals surface area (Å²) in [6.07, 6.45) is 1.03. The molecule has 1 aromatic heterocycles. The van der Waals surface area contributed by atoms with E-state index in [0.29, 0.717) is 15.6 Å². The monoisotopic (exact) mass is 411 g/mol. The Morgan fingerprint density at radius 3 is 2.74 bits per heavy atom. The first-order valence-electron chi connectivity index (χ1n) is 8.67. The SMILES string of the molecule is C[C@@H](CC(=O)[C@]1(F)CC[C@@](O)(CO)c2ncccc21)c1ccc(Cl)cc1Cl. The molecule has 0 unspecified atom stereocenters. The zero-order chi connectivity index (χ0) is 19.8. The molecule has 2 N–H and O–H groups in total. The Bertz CT molecular complexity index is 878. The van der Waals surface area contributed by atoms with Crippen LogP contribution in [0.2, 0.25) is 10.0 Å². The van der Waals surface area contributed by atoms with Crippen LogP contribution in [0.5, 0.6) is 0 Å². The highest BCUT2D eigenvalue weighted by molar-refractivity contribution is 6.35. The van der Waals surface area contributed by atoms with E-state index in [4.69, 9.17) is 23.2 Å². The van der Waals surface area contributed by atoms with E-state index in [-0.39, 0.29) is 36.4 Å². The number of ketones is 1. The maximum Gasteiger partial charge on any atom is 0.195 e. The highest BCUT2D eigenvalue weighted by atomic mass is 35.5. The molecule has 4 nitrogen and oxygen atoms in total. The number of nitrogens with zero attached hydrogens (tertiary/aromatic N) is 1. The summed E-state index contributed by atoms with van der Waals surface area (Å²) in [5, 5.41) is 21.0. The number of hydrogen-bond donors (Lipinski definition) is 2. The number of carbonyl (C=O) groups excluding carboxylic acids is 1. The van der Waals surface area contributed by atoms with Gasteiger partial charge in [-0.3, -0.25) is 9.78 Å². The third-order valence-corrected chi connectivity index (χ3v) is 5.81. The van der Waals surface area contributed by atoms with Crippen molar-refractivity contribution in [3.05, 3.63) is 63.4 Å².